The average Bonchev–Trinajstić information content (AvgIpc) is 2.26. The normalized spacial score (nSPS) is 19.3. The first kappa shape index (κ1) is 11.3. The monoisotopic (exact) mass is 220 g/mol. The number of fused-ring (bicyclic) bond motifs is 1. The minimum Gasteiger partial charge on any atom is -0.508 e. The molecule has 1 atom stereocenters. The second-order valence-electron chi connectivity index (χ2n) is 4.84. The van der Waals surface area contributed by atoms with E-state index in [0.29, 0.717) is 17.7 Å². The number of hydrogen-bond acceptors (Lipinski definition) is 3. The summed E-state index contributed by atoms with van der Waals surface area (Å²) < 4.78 is 0. The molecule has 0 fully saturated rings. The van der Waals surface area contributed by atoms with E-state index in [1.54, 1.807) is 6.07 Å². The molecule has 0 aromatic heterocycles. The molecule has 3 nitrogen and oxygen atoms in total. The van der Waals surface area contributed by atoms with Crippen LogP contribution in [0.25, 0.3) is 0 Å². The molecule has 0 bridgehead atoms. The van der Waals surface area contributed by atoms with Gasteiger partial charge >= 0.3 is 0 Å². The average molecular weight is 220 g/mol. The highest BCUT2D eigenvalue weighted by Gasteiger charge is 2.19. The van der Waals surface area contributed by atoms with Crippen LogP contribution in [0.4, 0.5) is 5.69 Å². The van der Waals surface area contributed by atoms with Crippen LogP contribution in [0.15, 0.2) is 18.2 Å². The molecule has 0 saturated heterocycles. The fraction of sp³-hybridized carbons (Fsp3) is 0.538. The van der Waals surface area contributed by atoms with Gasteiger partial charge in [-0.1, -0.05) is 13.8 Å². The Balaban J connectivity index is 2.15. The van der Waals surface area contributed by atoms with Crippen molar-refractivity contribution in [1.82, 2.24) is 5.32 Å². The van der Waals surface area contributed by atoms with E-state index in [2.05, 4.69) is 24.5 Å². The molecule has 1 aromatic carbocycles. The number of rotatable bonds is 3. The van der Waals surface area contributed by atoms with Crippen molar-refractivity contribution in [3.8, 4) is 5.75 Å². The van der Waals surface area contributed by atoms with Gasteiger partial charge < -0.3 is 15.7 Å². The first-order chi connectivity index (χ1) is 7.66. The highest BCUT2D eigenvalue weighted by molar-refractivity contribution is 5.57. The second kappa shape index (κ2) is 4.74. The van der Waals surface area contributed by atoms with Crippen LogP contribution in [-0.4, -0.2) is 18.2 Å². The zero-order valence-corrected chi connectivity index (χ0v) is 9.96. The molecule has 2 rings (SSSR count). The summed E-state index contributed by atoms with van der Waals surface area (Å²) in [5.74, 6) is 0.995. The van der Waals surface area contributed by atoms with Crippen LogP contribution in [0.5, 0.6) is 5.75 Å². The minimum absolute atomic E-state index is 0.346. The van der Waals surface area contributed by atoms with Crippen LogP contribution in [0.1, 0.15) is 31.9 Å². The van der Waals surface area contributed by atoms with Gasteiger partial charge in [0.25, 0.3) is 0 Å². The van der Waals surface area contributed by atoms with Crippen molar-refractivity contribution in [2.24, 2.45) is 5.92 Å². The fourth-order valence-electron chi connectivity index (χ4n) is 2.10. The third kappa shape index (κ3) is 2.47. The Kier molecular flexibility index (Phi) is 3.34. The minimum atomic E-state index is 0.346. The lowest BCUT2D eigenvalue weighted by atomic mass is 9.97. The van der Waals surface area contributed by atoms with Gasteiger partial charge in [-0.2, -0.15) is 0 Å². The summed E-state index contributed by atoms with van der Waals surface area (Å²) in [6.45, 7) is 6.42. The summed E-state index contributed by atoms with van der Waals surface area (Å²) in [6.07, 6.45) is 1.07. The van der Waals surface area contributed by atoms with Crippen LogP contribution in [0, 0.1) is 5.92 Å². The molecule has 1 unspecified atom stereocenters. The molecule has 1 aromatic rings. The SMILES string of the molecule is CC(C)CNC1CCNc2ccc(O)cc21. The Labute approximate surface area is 96.9 Å². The van der Waals surface area contributed by atoms with Gasteiger partial charge in [0, 0.05) is 18.3 Å². The van der Waals surface area contributed by atoms with Crippen LogP contribution in [0.2, 0.25) is 0 Å². The Hall–Kier alpha value is -1.22. The maximum Gasteiger partial charge on any atom is 0.116 e. The van der Waals surface area contributed by atoms with Gasteiger partial charge in [0.1, 0.15) is 5.75 Å². The molecular formula is C13H20N2O. The molecule has 1 aliphatic rings. The predicted octanol–water partition coefficient (Wildman–Crippen LogP) is 2.49. The Morgan fingerprint density at radius 2 is 2.31 bits per heavy atom. The smallest absolute Gasteiger partial charge is 0.116 e. The summed E-state index contributed by atoms with van der Waals surface area (Å²) in [7, 11) is 0. The molecule has 16 heavy (non-hydrogen) atoms. The van der Waals surface area contributed by atoms with Crippen molar-refractivity contribution in [3.05, 3.63) is 23.8 Å². The standard InChI is InChI=1S/C13H20N2O/c1-9(2)8-15-13-5-6-14-12-4-3-10(16)7-11(12)13/h3-4,7,9,13-16H,5-6,8H2,1-2H3. The van der Waals surface area contributed by atoms with E-state index in [-0.39, 0.29) is 0 Å². The van der Waals surface area contributed by atoms with Gasteiger partial charge in [-0.05, 0) is 42.6 Å². The number of phenolic OH excluding ortho intramolecular Hbond substituents is 1. The van der Waals surface area contributed by atoms with E-state index in [4.69, 9.17) is 0 Å². The number of hydrogen-bond donors (Lipinski definition) is 3. The summed E-state index contributed by atoms with van der Waals surface area (Å²) in [4.78, 5) is 0. The maximum absolute atomic E-state index is 9.53. The van der Waals surface area contributed by atoms with Gasteiger partial charge in [-0.3, -0.25) is 0 Å². The van der Waals surface area contributed by atoms with Gasteiger partial charge in [0.05, 0.1) is 0 Å². The Bertz CT molecular complexity index is 363. The molecule has 1 aliphatic heterocycles. The lowest BCUT2D eigenvalue weighted by molar-refractivity contribution is 0.446. The molecule has 0 amide bonds. The molecular weight excluding hydrogens is 200 g/mol. The van der Waals surface area contributed by atoms with E-state index in [1.165, 1.54) is 5.56 Å². The van der Waals surface area contributed by atoms with Crippen molar-refractivity contribution in [3.63, 3.8) is 0 Å². The number of nitrogens with one attached hydrogen (secondary N) is 2. The molecule has 0 radical (unpaired) electrons. The highest BCUT2D eigenvalue weighted by atomic mass is 16.3. The predicted molar refractivity (Wildman–Crippen MR) is 66.8 cm³/mol. The number of phenols is 1. The molecule has 3 heteroatoms. The summed E-state index contributed by atoms with van der Waals surface area (Å²) >= 11 is 0. The number of aromatic hydroxyl groups is 1. The molecule has 0 spiro atoms. The van der Waals surface area contributed by atoms with E-state index in [1.807, 2.05) is 12.1 Å². The first-order valence-corrected chi connectivity index (χ1v) is 5.97. The Morgan fingerprint density at radius 3 is 3.06 bits per heavy atom. The van der Waals surface area contributed by atoms with Crippen molar-refractivity contribution in [1.29, 1.82) is 0 Å². The topological polar surface area (TPSA) is 44.3 Å². The van der Waals surface area contributed by atoms with Gasteiger partial charge in [0.15, 0.2) is 0 Å². The third-order valence-corrected chi connectivity index (χ3v) is 2.93. The quantitative estimate of drug-likeness (QED) is 0.686. The molecule has 1 heterocycles. The molecule has 0 saturated carbocycles. The fourth-order valence-corrected chi connectivity index (χ4v) is 2.10. The van der Waals surface area contributed by atoms with E-state index >= 15 is 0 Å². The van der Waals surface area contributed by atoms with Crippen LogP contribution < -0.4 is 10.6 Å². The van der Waals surface area contributed by atoms with Gasteiger partial charge in [0.2, 0.25) is 0 Å². The zero-order valence-electron chi connectivity index (χ0n) is 9.96. The van der Waals surface area contributed by atoms with Crippen LogP contribution in [0.3, 0.4) is 0 Å². The molecule has 88 valence electrons. The largest absolute Gasteiger partial charge is 0.508 e. The Morgan fingerprint density at radius 1 is 1.50 bits per heavy atom. The van der Waals surface area contributed by atoms with Crippen molar-refractivity contribution < 1.29 is 5.11 Å². The molecule has 0 aliphatic carbocycles. The maximum atomic E-state index is 9.53. The van der Waals surface area contributed by atoms with E-state index in [9.17, 15) is 5.11 Å². The third-order valence-electron chi connectivity index (χ3n) is 2.93. The zero-order chi connectivity index (χ0) is 11.5. The van der Waals surface area contributed by atoms with Crippen LogP contribution in [-0.2, 0) is 0 Å². The summed E-state index contributed by atoms with van der Waals surface area (Å²) in [6, 6.07) is 5.91. The van der Waals surface area contributed by atoms with E-state index < -0.39 is 0 Å². The summed E-state index contributed by atoms with van der Waals surface area (Å²) in [5, 5.41) is 16.4. The summed E-state index contributed by atoms with van der Waals surface area (Å²) in [5.41, 5.74) is 2.33. The van der Waals surface area contributed by atoms with Crippen molar-refractivity contribution in [2.45, 2.75) is 26.3 Å². The number of benzene rings is 1. The highest BCUT2D eigenvalue weighted by Crippen LogP contribution is 2.32. The lowest BCUT2D eigenvalue weighted by Gasteiger charge is -2.28. The second-order valence-corrected chi connectivity index (χ2v) is 4.84. The number of anilines is 1. The lowest BCUT2D eigenvalue weighted by Crippen LogP contribution is -2.30. The van der Waals surface area contributed by atoms with Gasteiger partial charge in [-0.15, -0.1) is 0 Å². The van der Waals surface area contributed by atoms with E-state index in [0.717, 1.165) is 25.2 Å². The van der Waals surface area contributed by atoms with Gasteiger partial charge in [-0.25, -0.2) is 0 Å². The molecule has 3 N–H and O–H groups in total. The first-order valence-electron chi connectivity index (χ1n) is 5.97. The van der Waals surface area contributed by atoms with Crippen molar-refractivity contribution >= 4 is 5.69 Å². The van der Waals surface area contributed by atoms with Crippen LogP contribution >= 0.6 is 0 Å². The van der Waals surface area contributed by atoms with Crippen molar-refractivity contribution in [2.75, 3.05) is 18.4 Å².